The Bertz CT molecular complexity index is 1690. The molecule has 0 unspecified atom stereocenters. The van der Waals surface area contributed by atoms with Crippen molar-refractivity contribution >= 4 is 43.1 Å². The number of aliphatic hydroxyl groups is 1. The number of amides is 3. The van der Waals surface area contributed by atoms with Crippen molar-refractivity contribution in [2.75, 3.05) is 23.0 Å². The van der Waals surface area contributed by atoms with E-state index in [2.05, 4.69) is 0 Å². The van der Waals surface area contributed by atoms with Gasteiger partial charge in [0.1, 0.15) is 0 Å². The van der Waals surface area contributed by atoms with Crippen molar-refractivity contribution in [3.63, 3.8) is 0 Å². The highest BCUT2D eigenvalue weighted by Crippen LogP contribution is 2.61. The smallest absolute Gasteiger partial charge is 0.268 e. The summed E-state index contributed by atoms with van der Waals surface area (Å²) in [5.74, 6) is -0.847. The van der Waals surface area contributed by atoms with Gasteiger partial charge in [0, 0.05) is 47.9 Å². The largest absolute Gasteiger partial charge is 0.432 e. The summed E-state index contributed by atoms with van der Waals surface area (Å²) in [5, 5.41) is 10.3. The molecule has 2 N–H and O–H groups in total. The Balaban J connectivity index is 1.30. The van der Waals surface area contributed by atoms with Crippen molar-refractivity contribution in [1.29, 1.82) is 0 Å². The Labute approximate surface area is 270 Å². The Hall–Kier alpha value is -3.83. The molecule has 3 aromatic carbocycles. The molecule has 2 fully saturated rings. The Kier molecular flexibility index (Phi) is 7.67. The number of benzene rings is 3. The van der Waals surface area contributed by atoms with E-state index in [4.69, 9.17) is 4.74 Å². The second-order valence-electron chi connectivity index (χ2n) is 13.7. The number of carbonyl (C=O) groups excluding carboxylic acids is 3. The first-order chi connectivity index (χ1) is 22.0. The van der Waals surface area contributed by atoms with E-state index in [9.17, 15) is 24.3 Å². The third-order valence-corrected chi connectivity index (χ3v) is 13.0. The number of ether oxygens (including phenoxy) is 1. The van der Waals surface area contributed by atoms with Crippen LogP contribution in [0.2, 0.25) is 18.6 Å². The zero-order valence-electron chi connectivity index (χ0n) is 26.6. The molecule has 5 atom stereocenters. The maximum Gasteiger partial charge on any atom is 0.268 e. The van der Waals surface area contributed by atoms with Crippen LogP contribution in [0.5, 0.6) is 0 Å². The number of hydrogen-bond donors (Lipinski definition) is 2. The quantitative estimate of drug-likeness (QED) is 0.381. The van der Waals surface area contributed by atoms with Crippen molar-refractivity contribution in [2.24, 2.45) is 5.92 Å². The number of anilines is 3. The van der Waals surface area contributed by atoms with Gasteiger partial charge in [-0.3, -0.25) is 19.3 Å². The molecular weight excluding hydrogens is 598 g/mol. The van der Waals surface area contributed by atoms with Crippen LogP contribution in [0.25, 0.3) is 0 Å². The topological polar surface area (TPSA) is 111 Å². The molecule has 3 amide bonds. The molecule has 4 aliphatic rings. The van der Waals surface area contributed by atoms with Gasteiger partial charge in [0.05, 0.1) is 30.9 Å². The minimum atomic E-state index is -3.03. The lowest BCUT2D eigenvalue weighted by Gasteiger charge is -2.37. The minimum absolute atomic E-state index is 0.0231. The van der Waals surface area contributed by atoms with Gasteiger partial charge in [0.2, 0.25) is 11.8 Å². The fourth-order valence-electron chi connectivity index (χ4n) is 8.44. The first kappa shape index (κ1) is 30.8. The molecular formula is C36H41N3O6Si. The highest BCUT2D eigenvalue weighted by atomic mass is 28.4. The van der Waals surface area contributed by atoms with E-state index in [0.29, 0.717) is 48.6 Å². The monoisotopic (exact) mass is 639 g/mol. The van der Waals surface area contributed by atoms with Crippen LogP contribution in [-0.4, -0.2) is 66.1 Å². The molecule has 0 aliphatic carbocycles. The lowest BCUT2D eigenvalue weighted by Crippen LogP contribution is -2.48. The SMILES string of the molecule is C[C@H]1[C@H]([Si](C)(C)O)[C@@H](CC(=O)N2Cc3ccccc3C[C@H]2CO)O[C@]12C(=O)N(c1ccccc1)c1ccc(N3CCCC3=O)cc12. The van der Waals surface area contributed by atoms with E-state index >= 15 is 0 Å². The van der Waals surface area contributed by atoms with Gasteiger partial charge in [0.25, 0.3) is 5.91 Å². The van der Waals surface area contributed by atoms with E-state index in [1.165, 1.54) is 0 Å². The van der Waals surface area contributed by atoms with Crippen molar-refractivity contribution in [1.82, 2.24) is 4.90 Å². The van der Waals surface area contributed by atoms with Crippen molar-refractivity contribution < 1.29 is 29.0 Å². The van der Waals surface area contributed by atoms with Gasteiger partial charge in [0.15, 0.2) is 13.9 Å². The summed E-state index contributed by atoms with van der Waals surface area (Å²) in [6.45, 7) is 6.48. The van der Waals surface area contributed by atoms with Crippen molar-refractivity contribution in [3.8, 4) is 0 Å². The molecule has 4 aliphatic heterocycles. The summed E-state index contributed by atoms with van der Waals surface area (Å²) in [4.78, 5) is 58.7. The number of aliphatic hydroxyl groups excluding tert-OH is 1. The van der Waals surface area contributed by atoms with Crippen LogP contribution in [0.1, 0.15) is 42.9 Å². The van der Waals surface area contributed by atoms with Gasteiger partial charge in [-0.05, 0) is 67.4 Å². The molecule has 0 radical (unpaired) electrons. The molecule has 240 valence electrons. The molecule has 9 nitrogen and oxygen atoms in total. The first-order valence-electron chi connectivity index (χ1n) is 16.3. The summed E-state index contributed by atoms with van der Waals surface area (Å²) < 4.78 is 6.97. The fraction of sp³-hybridized carbons (Fsp3) is 0.417. The van der Waals surface area contributed by atoms with Crippen LogP contribution < -0.4 is 9.80 Å². The molecule has 7 rings (SSSR count). The molecule has 0 saturated carbocycles. The average molecular weight is 640 g/mol. The van der Waals surface area contributed by atoms with Crippen LogP contribution >= 0.6 is 0 Å². The van der Waals surface area contributed by atoms with Crippen molar-refractivity contribution in [3.05, 3.63) is 89.5 Å². The van der Waals surface area contributed by atoms with E-state index in [1.54, 1.807) is 14.7 Å². The Morgan fingerprint density at radius 2 is 1.72 bits per heavy atom. The second kappa shape index (κ2) is 11.4. The fourth-order valence-corrected chi connectivity index (χ4v) is 11.0. The predicted octanol–water partition coefficient (Wildman–Crippen LogP) is 4.63. The summed E-state index contributed by atoms with van der Waals surface area (Å²) in [6.07, 6.45) is 1.07. The molecule has 4 heterocycles. The number of hydrogen-bond acceptors (Lipinski definition) is 6. The average Bonchev–Trinajstić information content (AvgIpc) is 3.68. The van der Waals surface area contributed by atoms with Crippen LogP contribution in [0.4, 0.5) is 17.1 Å². The third kappa shape index (κ3) is 4.81. The minimum Gasteiger partial charge on any atom is -0.432 e. The van der Waals surface area contributed by atoms with E-state index in [-0.39, 0.29) is 36.8 Å². The second-order valence-corrected chi connectivity index (χ2v) is 17.7. The summed E-state index contributed by atoms with van der Waals surface area (Å²) in [5.41, 5.74) is 3.02. The van der Waals surface area contributed by atoms with E-state index in [1.807, 2.05) is 92.8 Å². The van der Waals surface area contributed by atoms with Gasteiger partial charge >= 0.3 is 0 Å². The zero-order valence-corrected chi connectivity index (χ0v) is 27.6. The molecule has 3 aromatic rings. The summed E-state index contributed by atoms with van der Waals surface area (Å²) >= 11 is 0. The maximum atomic E-state index is 14.9. The number of fused-ring (bicyclic) bond motifs is 3. The highest BCUT2D eigenvalue weighted by molar-refractivity contribution is 6.71. The van der Waals surface area contributed by atoms with Gasteiger partial charge in [-0.15, -0.1) is 0 Å². The summed E-state index contributed by atoms with van der Waals surface area (Å²) in [7, 11) is -3.03. The molecule has 46 heavy (non-hydrogen) atoms. The third-order valence-electron chi connectivity index (χ3n) is 10.5. The summed E-state index contributed by atoms with van der Waals surface area (Å²) in [6, 6.07) is 22.7. The Morgan fingerprint density at radius 3 is 2.39 bits per heavy atom. The molecule has 1 spiro atoms. The molecule has 0 aromatic heterocycles. The maximum absolute atomic E-state index is 14.9. The van der Waals surface area contributed by atoms with E-state index in [0.717, 1.165) is 17.5 Å². The molecule has 2 saturated heterocycles. The number of carbonyl (C=O) groups is 3. The standard InChI is InChI=1S/C36H41N3O6Si/c1-23-34(46(2,3)44)31(20-33(42)38-21-25-11-8-7-10-24(25)18-28(38)22-40)45-36(23)29-19-27(37-17-9-14-32(37)41)15-16-30(29)39(35(36)43)26-12-5-4-6-13-26/h4-8,10-13,15-16,19,23,28,31,34,40,44H,9,14,17-18,20-22H2,1-3H3/t23-,28-,31+,34-,36+/m0/s1. The zero-order chi connectivity index (χ0) is 32.4. The molecule has 10 heteroatoms. The first-order valence-corrected chi connectivity index (χ1v) is 19.3. The highest BCUT2D eigenvalue weighted by Gasteiger charge is 2.67. The number of rotatable bonds is 6. The van der Waals surface area contributed by atoms with Gasteiger partial charge in [-0.2, -0.15) is 0 Å². The number of nitrogens with zero attached hydrogens (tertiary/aromatic N) is 3. The van der Waals surface area contributed by atoms with Crippen LogP contribution in [0, 0.1) is 5.92 Å². The van der Waals surface area contributed by atoms with E-state index < -0.39 is 31.5 Å². The lowest BCUT2D eigenvalue weighted by molar-refractivity contribution is -0.150. The lowest BCUT2D eigenvalue weighted by atomic mass is 9.82. The van der Waals surface area contributed by atoms with Gasteiger partial charge < -0.3 is 24.4 Å². The predicted molar refractivity (Wildman–Crippen MR) is 177 cm³/mol. The van der Waals surface area contributed by atoms with Crippen LogP contribution in [0.3, 0.4) is 0 Å². The van der Waals surface area contributed by atoms with Gasteiger partial charge in [-0.1, -0.05) is 49.4 Å². The number of para-hydroxylation sites is 1. The van der Waals surface area contributed by atoms with Gasteiger partial charge in [-0.25, -0.2) is 0 Å². The normalized spacial score (nSPS) is 27.5. The van der Waals surface area contributed by atoms with Crippen molar-refractivity contribution in [2.45, 2.75) is 75.5 Å². The van der Waals surface area contributed by atoms with Crippen LogP contribution in [0.15, 0.2) is 72.8 Å². The Morgan fingerprint density at radius 1 is 1.00 bits per heavy atom. The molecule has 0 bridgehead atoms. The van der Waals surface area contributed by atoms with Crippen LogP contribution in [-0.2, 0) is 37.7 Å².